The molecule has 2 atom stereocenters. The highest BCUT2D eigenvalue weighted by Gasteiger charge is 2.46. The van der Waals surface area contributed by atoms with E-state index < -0.39 is 6.04 Å². The van der Waals surface area contributed by atoms with Gasteiger partial charge < -0.3 is 10.6 Å². The maximum atomic E-state index is 12.0. The van der Waals surface area contributed by atoms with E-state index in [9.17, 15) is 4.79 Å². The summed E-state index contributed by atoms with van der Waals surface area (Å²) in [6.07, 6.45) is 0. The Morgan fingerprint density at radius 1 is 1.00 bits per heavy atom. The van der Waals surface area contributed by atoms with Gasteiger partial charge in [-0.3, -0.25) is 4.79 Å². The first kappa shape index (κ1) is 12.2. The van der Waals surface area contributed by atoms with E-state index in [1.165, 1.54) is 0 Å². The van der Waals surface area contributed by atoms with E-state index in [1.54, 1.807) is 4.90 Å². The van der Waals surface area contributed by atoms with E-state index in [0.717, 1.165) is 11.3 Å². The molecule has 0 unspecified atom stereocenters. The monoisotopic (exact) mass is 272 g/mol. The Hall–Kier alpha value is -1.84. The lowest BCUT2D eigenvalue weighted by molar-refractivity contribution is -0.126. The van der Waals surface area contributed by atoms with Crippen LogP contribution in [0, 0.1) is 0 Å². The van der Waals surface area contributed by atoms with Crippen molar-refractivity contribution in [3.8, 4) is 0 Å². The highest BCUT2D eigenvalue weighted by molar-refractivity contribution is 6.30. The van der Waals surface area contributed by atoms with E-state index in [0.29, 0.717) is 5.02 Å². The summed E-state index contributed by atoms with van der Waals surface area (Å²) >= 11 is 5.88. The van der Waals surface area contributed by atoms with Crippen LogP contribution in [0.4, 0.5) is 5.69 Å². The van der Waals surface area contributed by atoms with Crippen LogP contribution in [0.25, 0.3) is 0 Å². The van der Waals surface area contributed by atoms with E-state index in [-0.39, 0.29) is 11.9 Å². The van der Waals surface area contributed by atoms with Gasteiger partial charge in [-0.1, -0.05) is 41.9 Å². The lowest BCUT2D eigenvalue weighted by Gasteiger charge is -2.45. The summed E-state index contributed by atoms with van der Waals surface area (Å²) in [4.78, 5) is 13.7. The van der Waals surface area contributed by atoms with Crippen LogP contribution in [0.2, 0.25) is 5.02 Å². The molecule has 0 radical (unpaired) electrons. The van der Waals surface area contributed by atoms with Crippen molar-refractivity contribution in [2.75, 3.05) is 4.90 Å². The van der Waals surface area contributed by atoms with Gasteiger partial charge in [-0.2, -0.15) is 0 Å². The summed E-state index contributed by atoms with van der Waals surface area (Å²) in [6, 6.07) is 16.4. The zero-order chi connectivity index (χ0) is 13.4. The number of nitrogens with zero attached hydrogens (tertiary/aromatic N) is 1. The molecule has 2 aromatic rings. The number of nitrogens with two attached hydrogens (primary N) is 1. The zero-order valence-electron chi connectivity index (χ0n) is 10.2. The first-order valence-electron chi connectivity index (χ1n) is 6.07. The summed E-state index contributed by atoms with van der Waals surface area (Å²) in [5.41, 5.74) is 7.81. The lowest BCUT2D eigenvalue weighted by atomic mass is 9.88. The largest absolute Gasteiger partial charge is 0.318 e. The van der Waals surface area contributed by atoms with Gasteiger partial charge in [0.25, 0.3) is 0 Å². The van der Waals surface area contributed by atoms with Crippen LogP contribution in [-0.4, -0.2) is 11.9 Å². The van der Waals surface area contributed by atoms with Gasteiger partial charge in [0.05, 0.1) is 6.04 Å². The van der Waals surface area contributed by atoms with Crippen LogP contribution < -0.4 is 10.6 Å². The average molecular weight is 273 g/mol. The van der Waals surface area contributed by atoms with Crippen LogP contribution in [-0.2, 0) is 4.79 Å². The molecule has 2 N–H and O–H groups in total. The zero-order valence-corrected chi connectivity index (χ0v) is 10.9. The molecule has 1 amide bonds. The van der Waals surface area contributed by atoms with Crippen molar-refractivity contribution in [2.45, 2.75) is 12.1 Å². The fourth-order valence-electron chi connectivity index (χ4n) is 2.40. The Kier molecular flexibility index (Phi) is 3.01. The molecule has 0 spiro atoms. The van der Waals surface area contributed by atoms with Crippen molar-refractivity contribution in [3.63, 3.8) is 0 Å². The van der Waals surface area contributed by atoms with Gasteiger partial charge in [-0.05, 0) is 29.8 Å². The van der Waals surface area contributed by atoms with Gasteiger partial charge >= 0.3 is 0 Å². The molecule has 2 aromatic carbocycles. The summed E-state index contributed by atoms with van der Waals surface area (Å²) in [5.74, 6) is -0.0499. The van der Waals surface area contributed by atoms with Crippen molar-refractivity contribution in [3.05, 3.63) is 65.2 Å². The first-order valence-corrected chi connectivity index (χ1v) is 6.45. The minimum absolute atomic E-state index is 0.0499. The minimum atomic E-state index is -0.485. The molecule has 0 bridgehead atoms. The molecule has 3 nitrogen and oxygen atoms in total. The summed E-state index contributed by atoms with van der Waals surface area (Å²) in [6.45, 7) is 0. The van der Waals surface area contributed by atoms with Crippen molar-refractivity contribution >= 4 is 23.2 Å². The van der Waals surface area contributed by atoms with Crippen molar-refractivity contribution in [1.29, 1.82) is 0 Å². The summed E-state index contributed by atoms with van der Waals surface area (Å²) < 4.78 is 0. The highest BCUT2D eigenvalue weighted by atomic mass is 35.5. The number of rotatable bonds is 2. The van der Waals surface area contributed by atoms with Crippen LogP contribution in [0.1, 0.15) is 11.6 Å². The van der Waals surface area contributed by atoms with E-state index in [2.05, 4.69) is 0 Å². The number of carbonyl (C=O) groups is 1. The molecule has 1 aliphatic rings. The predicted molar refractivity (Wildman–Crippen MR) is 76.1 cm³/mol. The molecular weight excluding hydrogens is 260 g/mol. The maximum absolute atomic E-state index is 12.0. The Labute approximate surface area is 116 Å². The predicted octanol–water partition coefficient (Wildman–Crippen LogP) is 2.76. The molecule has 0 aliphatic carbocycles. The molecule has 0 saturated carbocycles. The SMILES string of the molecule is N[C@@H]1C(=O)N(c2ccccc2)[C@@H]1c1ccc(Cl)cc1. The number of benzene rings is 2. The van der Waals surface area contributed by atoms with Crippen LogP contribution >= 0.6 is 11.6 Å². The second-order valence-electron chi connectivity index (χ2n) is 4.57. The average Bonchev–Trinajstić information content (AvgIpc) is 2.46. The second kappa shape index (κ2) is 4.68. The number of hydrogen-bond acceptors (Lipinski definition) is 2. The fourth-order valence-corrected chi connectivity index (χ4v) is 2.53. The molecule has 3 rings (SSSR count). The number of β-lactam (4-membered cyclic amide) rings is 1. The van der Waals surface area contributed by atoms with Gasteiger partial charge in [0.1, 0.15) is 6.04 Å². The summed E-state index contributed by atoms with van der Waals surface area (Å²) in [7, 11) is 0. The number of carbonyl (C=O) groups excluding carboxylic acids is 1. The number of hydrogen-bond donors (Lipinski definition) is 1. The fraction of sp³-hybridized carbons (Fsp3) is 0.133. The number of para-hydroxylation sites is 1. The highest BCUT2D eigenvalue weighted by Crippen LogP contribution is 2.38. The van der Waals surface area contributed by atoms with Gasteiger partial charge in [-0.15, -0.1) is 0 Å². The molecule has 96 valence electrons. The van der Waals surface area contributed by atoms with E-state index >= 15 is 0 Å². The van der Waals surface area contributed by atoms with Crippen molar-refractivity contribution < 1.29 is 4.79 Å². The van der Waals surface area contributed by atoms with E-state index in [4.69, 9.17) is 17.3 Å². The first-order chi connectivity index (χ1) is 9.18. The minimum Gasteiger partial charge on any atom is -0.318 e. The van der Waals surface area contributed by atoms with Crippen molar-refractivity contribution in [2.24, 2.45) is 5.73 Å². The number of halogens is 1. The Morgan fingerprint density at radius 2 is 1.63 bits per heavy atom. The smallest absolute Gasteiger partial charge is 0.247 e. The molecule has 1 aliphatic heterocycles. The summed E-state index contributed by atoms with van der Waals surface area (Å²) in [5, 5.41) is 0.675. The lowest BCUT2D eigenvalue weighted by Crippen LogP contribution is -2.63. The molecule has 1 heterocycles. The molecule has 1 saturated heterocycles. The van der Waals surface area contributed by atoms with Crippen LogP contribution in [0.5, 0.6) is 0 Å². The van der Waals surface area contributed by atoms with Gasteiger partial charge in [0, 0.05) is 10.7 Å². The topological polar surface area (TPSA) is 46.3 Å². The molecule has 1 fully saturated rings. The van der Waals surface area contributed by atoms with Gasteiger partial charge in [-0.25, -0.2) is 0 Å². The molecule has 4 heteroatoms. The quantitative estimate of drug-likeness (QED) is 0.855. The standard InChI is InChI=1S/C15H13ClN2O/c16-11-8-6-10(7-9-11)14-13(17)15(19)18(14)12-4-2-1-3-5-12/h1-9,13-14H,17H2/t13-,14+/m0/s1. The Balaban J connectivity index is 1.96. The van der Waals surface area contributed by atoms with Crippen molar-refractivity contribution in [1.82, 2.24) is 0 Å². The van der Waals surface area contributed by atoms with Gasteiger partial charge in [0.15, 0.2) is 0 Å². The van der Waals surface area contributed by atoms with Crippen LogP contribution in [0.15, 0.2) is 54.6 Å². The second-order valence-corrected chi connectivity index (χ2v) is 5.00. The van der Waals surface area contributed by atoms with Gasteiger partial charge in [0.2, 0.25) is 5.91 Å². The third-order valence-corrected chi connectivity index (χ3v) is 3.64. The molecule has 0 aromatic heterocycles. The number of amides is 1. The number of anilines is 1. The third-order valence-electron chi connectivity index (χ3n) is 3.39. The van der Waals surface area contributed by atoms with Crippen LogP contribution in [0.3, 0.4) is 0 Å². The third kappa shape index (κ3) is 2.01. The normalized spacial score (nSPS) is 22.2. The maximum Gasteiger partial charge on any atom is 0.247 e. The Bertz CT molecular complexity index is 597. The Morgan fingerprint density at radius 3 is 2.26 bits per heavy atom. The molecular formula is C15H13ClN2O. The van der Waals surface area contributed by atoms with E-state index in [1.807, 2.05) is 54.6 Å². The molecule has 19 heavy (non-hydrogen) atoms.